The third kappa shape index (κ3) is 2.15. The quantitative estimate of drug-likeness (QED) is 0.923. The molecule has 0 spiro atoms. The highest BCUT2D eigenvalue weighted by atomic mass is 16.3. The SMILES string of the molecule is CCC1CCC(C)N1C(CN)c1coc2ccccc12. The fraction of sp³-hybridized carbons (Fsp3) is 0.529. The molecule has 1 aliphatic heterocycles. The Balaban J connectivity index is 2.01. The second-order valence-electron chi connectivity index (χ2n) is 5.87. The molecule has 0 aliphatic carbocycles. The van der Waals surface area contributed by atoms with E-state index in [9.17, 15) is 0 Å². The summed E-state index contributed by atoms with van der Waals surface area (Å²) in [7, 11) is 0. The van der Waals surface area contributed by atoms with Crippen LogP contribution in [0, 0.1) is 0 Å². The van der Waals surface area contributed by atoms with Crippen LogP contribution in [0.2, 0.25) is 0 Å². The zero-order valence-corrected chi connectivity index (χ0v) is 12.4. The Labute approximate surface area is 120 Å². The van der Waals surface area contributed by atoms with Crippen molar-refractivity contribution in [2.75, 3.05) is 6.54 Å². The summed E-state index contributed by atoms with van der Waals surface area (Å²) in [5.74, 6) is 0. The number of fused-ring (bicyclic) bond motifs is 1. The van der Waals surface area contributed by atoms with Crippen LogP contribution in [0.25, 0.3) is 11.0 Å². The zero-order valence-electron chi connectivity index (χ0n) is 12.4. The van der Waals surface area contributed by atoms with E-state index in [0.717, 1.165) is 5.58 Å². The van der Waals surface area contributed by atoms with Gasteiger partial charge in [-0.3, -0.25) is 4.90 Å². The molecule has 1 aromatic carbocycles. The molecule has 3 atom stereocenters. The normalized spacial score (nSPS) is 25.4. The molecule has 3 rings (SSSR count). The monoisotopic (exact) mass is 272 g/mol. The maximum absolute atomic E-state index is 6.13. The van der Waals surface area contributed by atoms with E-state index in [2.05, 4.69) is 30.9 Å². The highest BCUT2D eigenvalue weighted by Crippen LogP contribution is 2.37. The van der Waals surface area contributed by atoms with Crippen LogP contribution in [-0.4, -0.2) is 23.5 Å². The van der Waals surface area contributed by atoms with Gasteiger partial charge in [-0.1, -0.05) is 25.1 Å². The second kappa shape index (κ2) is 5.58. The summed E-state index contributed by atoms with van der Waals surface area (Å²) in [5.41, 5.74) is 8.34. The molecule has 0 amide bonds. The van der Waals surface area contributed by atoms with Crippen LogP contribution in [0.4, 0.5) is 0 Å². The van der Waals surface area contributed by atoms with Crippen LogP contribution in [0.5, 0.6) is 0 Å². The van der Waals surface area contributed by atoms with Crippen molar-refractivity contribution >= 4 is 11.0 Å². The summed E-state index contributed by atoms with van der Waals surface area (Å²) in [4.78, 5) is 2.61. The minimum absolute atomic E-state index is 0.265. The third-order valence-corrected chi connectivity index (χ3v) is 4.77. The molecular weight excluding hydrogens is 248 g/mol. The molecule has 1 aliphatic rings. The minimum atomic E-state index is 0.265. The molecule has 0 saturated carbocycles. The van der Waals surface area contributed by atoms with Crippen molar-refractivity contribution in [3.8, 4) is 0 Å². The molecule has 3 heteroatoms. The van der Waals surface area contributed by atoms with Crippen LogP contribution in [-0.2, 0) is 0 Å². The molecule has 3 unspecified atom stereocenters. The Hall–Kier alpha value is -1.32. The fourth-order valence-electron chi connectivity index (χ4n) is 3.73. The molecular formula is C17H24N2O. The van der Waals surface area contributed by atoms with Crippen molar-refractivity contribution < 1.29 is 4.42 Å². The number of benzene rings is 1. The molecule has 108 valence electrons. The number of hydrogen-bond donors (Lipinski definition) is 1. The molecule has 1 fully saturated rings. The number of likely N-dealkylation sites (tertiary alicyclic amines) is 1. The van der Waals surface area contributed by atoms with Gasteiger partial charge in [0.1, 0.15) is 5.58 Å². The Kier molecular flexibility index (Phi) is 3.81. The molecule has 3 nitrogen and oxygen atoms in total. The molecule has 2 heterocycles. The molecule has 1 aromatic heterocycles. The summed E-state index contributed by atoms with van der Waals surface area (Å²) < 4.78 is 5.71. The number of rotatable bonds is 4. The number of para-hydroxylation sites is 1. The first-order valence-electron chi connectivity index (χ1n) is 7.69. The summed E-state index contributed by atoms with van der Waals surface area (Å²) in [5, 5.41) is 1.21. The molecule has 0 bridgehead atoms. The van der Waals surface area contributed by atoms with E-state index in [1.807, 2.05) is 18.4 Å². The Bertz CT molecular complexity index is 577. The van der Waals surface area contributed by atoms with E-state index in [1.165, 1.54) is 30.2 Å². The lowest BCUT2D eigenvalue weighted by Gasteiger charge is -2.35. The maximum atomic E-state index is 6.13. The van der Waals surface area contributed by atoms with E-state index in [1.54, 1.807) is 0 Å². The summed E-state index contributed by atoms with van der Waals surface area (Å²) >= 11 is 0. The van der Waals surface area contributed by atoms with Gasteiger partial charge in [-0.25, -0.2) is 0 Å². The lowest BCUT2D eigenvalue weighted by atomic mass is 10.0. The summed E-state index contributed by atoms with van der Waals surface area (Å²) in [6, 6.07) is 9.76. The van der Waals surface area contributed by atoms with Crippen LogP contribution < -0.4 is 5.73 Å². The number of hydrogen-bond acceptors (Lipinski definition) is 3. The zero-order chi connectivity index (χ0) is 14.1. The topological polar surface area (TPSA) is 42.4 Å². The van der Waals surface area contributed by atoms with Crippen molar-refractivity contribution in [1.29, 1.82) is 0 Å². The lowest BCUT2D eigenvalue weighted by Crippen LogP contribution is -2.41. The van der Waals surface area contributed by atoms with E-state index in [0.29, 0.717) is 18.6 Å². The van der Waals surface area contributed by atoms with Gasteiger partial charge < -0.3 is 10.2 Å². The highest BCUT2D eigenvalue weighted by Gasteiger charge is 2.35. The number of nitrogens with zero attached hydrogens (tertiary/aromatic N) is 1. The third-order valence-electron chi connectivity index (χ3n) is 4.77. The van der Waals surface area contributed by atoms with Crippen molar-refractivity contribution in [3.05, 3.63) is 36.1 Å². The molecule has 2 aromatic rings. The van der Waals surface area contributed by atoms with Crippen molar-refractivity contribution in [2.45, 2.75) is 51.2 Å². The van der Waals surface area contributed by atoms with Crippen LogP contribution >= 0.6 is 0 Å². The van der Waals surface area contributed by atoms with E-state index in [4.69, 9.17) is 10.2 Å². The number of nitrogens with two attached hydrogens (primary N) is 1. The second-order valence-corrected chi connectivity index (χ2v) is 5.87. The Morgan fingerprint density at radius 1 is 1.35 bits per heavy atom. The first-order chi connectivity index (χ1) is 9.76. The van der Waals surface area contributed by atoms with E-state index in [-0.39, 0.29) is 6.04 Å². The Morgan fingerprint density at radius 3 is 2.90 bits per heavy atom. The van der Waals surface area contributed by atoms with Gasteiger partial charge in [0.15, 0.2) is 0 Å². The first-order valence-corrected chi connectivity index (χ1v) is 7.69. The highest BCUT2D eigenvalue weighted by molar-refractivity contribution is 5.81. The van der Waals surface area contributed by atoms with Gasteiger partial charge in [0.05, 0.1) is 12.3 Å². The van der Waals surface area contributed by atoms with Crippen molar-refractivity contribution in [1.82, 2.24) is 4.90 Å². The standard InChI is InChI=1S/C17H24N2O/c1-3-13-9-8-12(2)19(13)16(10-18)15-11-20-17-7-5-4-6-14(15)17/h4-7,11-13,16H,3,8-10,18H2,1-2H3. The van der Waals surface area contributed by atoms with Gasteiger partial charge in [-0.05, 0) is 32.3 Å². The predicted molar refractivity (Wildman–Crippen MR) is 82.6 cm³/mol. The smallest absolute Gasteiger partial charge is 0.134 e. The molecule has 0 radical (unpaired) electrons. The predicted octanol–water partition coefficient (Wildman–Crippen LogP) is 3.70. The summed E-state index contributed by atoms with van der Waals surface area (Å²) in [6.45, 7) is 5.24. The fourth-order valence-corrected chi connectivity index (χ4v) is 3.73. The molecule has 2 N–H and O–H groups in total. The lowest BCUT2D eigenvalue weighted by molar-refractivity contribution is 0.137. The van der Waals surface area contributed by atoms with Gasteiger partial charge in [-0.15, -0.1) is 0 Å². The van der Waals surface area contributed by atoms with Gasteiger partial charge in [0, 0.05) is 29.6 Å². The summed E-state index contributed by atoms with van der Waals surface area (Å²) in [6.07, 6.45) is 5.64. The van der Waals surface area contributed by atoms with Gasteiger partial charge in [0.25, 0.3) is 0 Å². The average Bonchev–Trinajstić information content (AvgIpc) is 3.06. The van der Waals surface area contributed by atoms with Crippen LogP contribution in [0.3, 0.4) is 0 Å². The van der Waals surface area contributed by atoms with Crippen molar-refractivity contribution in [3.63, 3.8) is 0 Å². The molecule has 20 heavy (non-hydrogen) atoms. The van der Waals surface area contributed by atoms with Crippen LogP contribution in [0.1, 0.15) is 44.7 Å². The average molecular weight is 272 g/mol. The van der Waals surface area contributed by atoms with Gasteiger partial charge >= 0.3 is 0 Å². The van der Waals surface area contributed by atoms with Crippen molar-refractivity contribution in [2.24, 2.45) is 5.73 Å². The maximum Gasteiger partial charge on any atom is 0.134 e. The largest absolute Gasteiger partial charge is 0.464 e. The molecule has 1 saturated heterocycles. The van der Waals surface area contributed by atoms with E-state index >= 15 is 0 Å². The van der Waals surface area contributed by atoms with E-state index < -0.39 is 0 Å². The first kappa shape index (κ1) is 13.7. The van der Waals surface area contributed by atoms with Crippen LogP contribution in [0.15, 0.2) is 34.9 Å². The minimum Gasteiger partial charge on any atom is -0.464 e. The Morgan fingerprint density at radius 2 is 2.15 bits per heavy atom. The number of furan rings is 1. The van der Waals surface area contributed by atoms with Gasteiger partial charge in [-0.2, -0.15) is 0 Å². The van der Waals surface area contributed by atoms with Gasteiger partial charge in [0.2, 0.25) is 0 Å².